The highest BCUT2D eigenvalue weighted by atomic mass is 79.9. The van der Waals surface area contributed by atoms with Crippen LogP contribution < -0.4 is 4.90 Å². The zero-order chi connectivity index (χ0) is 23.2. The van der Waals surface area contributed by atoms with Crippen molar-refractivity contribution in [3.8, 4) is 11.3 Å². The van der Waals surface area contributed by atoms with Gasteiger partial charge in [-0.05, 0) is 31.2 Å². The fourth-order valence-electron chi connectivity index (χ4n) is 3.93. The van der Waals surface area contributed by atoms with Crippen molar-refractivity contribution >= 4 is 27.7 Å². The minimum atomic E-state index is -0.0716. The van der Waals surface area contributed by atoms with E-state index in [-0.39, 0.29) is 5.91 Å². The van der Waals surface area contributed by atoms with E-state index in [1.165, 1.54) is 0 Å². The number of benzene rings is 2. The van der Waals surface area contributed by atoms with Gasteiger partial charge in [-0.25, -0.2) is 0 Å². The first-order valence-electron chi connectivity index (χ1n) is 11.0. The molecule has 0 bridgehead atoms. The number of ether oxygens (including phenoxy) is 2. The van der Waals surface area contributed by atoms with E-state index in [4.69, 9.17) is 14.0 Å². The Morgan fingerprint density at radius 1 is 1.18 bits per heavy atom. The molecule has 0 unspecified atom stereocenters. The molecule has 1 saturated heterocycles. The van der Waals surface area contributed by atoms with Crippen molar-refractivity contribution in [3.05, 3.63) is 69.7 Å². The standard InChI is InChI=1S/C25H28BrN3O4/c1-18-5-3-6-19(15-18)23-22(25(33-27-23)28-10-13-32-14-11-28)17-29(9-12-31-2)24(30)20-7-4-8-21(26)16-20/h3-8,15-16H,9-14,17H2,1-2H3. The van der Waals surface area contributed by atoms with Crippen molar-refractivity contribution in [3.63, 3.8) is 0 Å². The first-order valence-corrected chi connectivity index (χ1v) is 11.8. The van der Waals surface area contributed by atoms with Crippen molar-refractivity contribution in [2.45, 2.75) is 13.5 Å². The minimum absolute atomic E-state index is 0.0716. The molecule has 33 heavy (non-hydrogen) atoms. The number of aryl methyl sites for hydroxylation is 1. The number of carbonyl (C=O) groups is 1. The normalized spacial score (nSPS) is 13.8. The molecule has 0 radical (unpaired) electrons. The molecule has 4 rings (SSSR count). The Bertz CT molecular complexity index is 1090. The summed E-state index contributed by atoms with van der Waals surface area (Å²) in [6, 6.07) is 15.6. The predicted octanol–water partition coefficient (Wildman–Crippen LogP) is 4.54. The molecule has 8 heteroatoms. The van der Waals surface area contributed by atoms with Gasteiger partial charge in [0, 0.05) is 42.3 Å². The number of methoxy groups -OCH3 is 1. The zero-order valence-electron chi connectivity index (χ0n) is 18.9. The predicted molar refractivity (Wildman–Crippen MR) is 130 cm³/mol. The summed E-state index contributed by atoms with van der Waals surface area (Å²) in [5, 5.41) is 4.45. The number of amides is 1. The van der Waals surface area contributed by atoms with Crippen LogP contribution in [0.2, 0.25) is 0 Å². The van der Waals surface area contributed by atoms with E-state index < -0.39 is 0 Å². The molecule has 1 aromatic heterocycles. The Morgan fingerprint density at radius 3 is 2.70 bits per heavy atom. The van der Waals surface area contributed by atoms with Gasteiger partial charge in [-0.1, -0.05) is 50.9 Å². The van der Waals surface area contributed by atoms with Crippen molar-refractivity contribution in [1.29, 1.82) is 0 Å². The molecular weight excluding hydrogens is 486 g/mol. The van der Waals surface area contributed by atoms with E-state index in [0.717, 1.165) is 26.9 Å². The van der Waals surface area contributed by atoms with Gasteiger partial charge < -0.3 is 23.8 Å². The summed E-state index contributed by atoms with van der Waals surface area (Å²) in [5.41, 5.74) is 4.36. The summed E-state index contributed by atoms with van der Waals surface area (Å²) >= 11 is 3.47. The molecule has 174 valence electrons. The third-order valence-corrected chi connectivity index (χ3v) is 6.12. The topological polar surface area (TPSA) is 68.0 Å². The van der Waals surface area contributed by atoms with Crippen molar-refractivity contribution < 1.29 is 18.8 Å². The van der Waals surface area contributed by atoms with Crippen LogP contribution in [0.3, 0.4) is 0 Å². The zero-order valence-corrected chi connectivity index (χ0v) is 20.5. The van der Waals surface area contributed by atoms with Gasteiger partial charge in [0.15, 0.2) is 0 Å². The van der Waals surface area contributed by atoms with Crippen LogP contribution >= 0.6 is 15.9 Å². The smallest absolute Gasteiger partial charge is 0.254 e. The van der Waals surface area contributed by atoms with Crippen LogP contribution in [0.1, 0.15) is 21.5 Å². The number of hydrogen-bond donors (Lipinski definition) is 0. The molecule has 0 atom stereocenters. The fraction of sp³-hybridized carbons (Fsp3) is 0.360. The summed E-state index contributed by atoms with van der Waals surface area (Å²) in [5.74, 6) is 0.622. The molecule has 2 aromatic carbocycles. The van der Waals surface area contributed by atoms with Crippen LogP contribution in [-0.2, 0) is 16.0 Å². The highest BCUT2D eigenvalue weighted by molar-refractivity contribution is 9.10. The van der Waals surface area contributed by atoms with Gasteiger partial charge in [0.05, 0.1) is 31.9 Å². The number of aromatic nitrogens is 1. The molecular formula is C25H28BrN3O4. The van der Waals surface area contributed by atoms with E-state index in [1.54, 1.807) is 12.0 Å². The lowest BCUT2D eigenvalue weighted by Crippen LogP contribution is -2.38. The second-order valence-electron chi connectivity index (χ2n) is 8.01. The maximum absolute atomic E-state index is 13.5. The number of morpholine rings is 1. The average molecular weight is 514 g/mol. The summed E-state index contributed by atoms with van der Waals surface area (Å²) < 4.78 is 17.6. The molecule has 1 amide bonds. The number of hydrogen-bond acceptors (Lipinski definition) is 6. The summed E-state index contributed by atoms with van der Waals surface area (Å²) in [6.45, 7) is 5.97. The Labute approximate surface area is 202 Å². The van der Waals surface area contributed by atoms with E-state index in [2.05, 4.69) is 32.1 Å². The summed E-state index contributed by atoms with van der Waals surface area (Å²) in [7, 11) is 1.64. The van der Waals surface area contributed by atoms with Gasteiger partial charge in [0.1, 0.15) is 5.69 Å². The van der Waals surface area contributed by atoms with Gasteiger partial charge in [0.2, 0.25) is 5.88 Å². The first-order chi connectivity index (χ1) is 16.1. The average Bonchev–Trinajstić information content (AvgIpc) is 3.25. The van der Waals surface area contributed by atoms with Crippen LogP contribution in [0.15, 0.2) is 57.5 Å². The number of nitrogens with zero attached hydrogens (tertiary/aromatic N) is 3. The SMILES string of the molecule is COCCN(Cc1c(-c2cccc(C)c2)noc1N1CCOCC1)C(=O)c1cccc(Br)c1. The van der Waals surface area contributed by atoms with Gasteiger partial charge in [-0.15, -0.1) is 0 Å². The first kappa shape index (κ1) is 23.5. The lowest BCUT2D eigenvalue weighted by Gasteiger charge is -2.28. The number of halogens is 1. The lowest BCUT2D eigenvalue weighted by atomic mass is 10.0. The Balaban J connectivity index is 1.73. The molecule has 1 aliphatic rings. The molecule has 0 spiro atoms. The number of carbonyl (C=O) groups excluding carboxylic acids is 1. The van der Waals surface area contributed by atoms with Crippen LogP contribution in [0.25, 0.3) is 11.3 Å². The van der Waals surface area contributed by atoms with E-state index in [0.29, 0.717) is 57.4 Å². The third kappa shape index (κ3) is 5.63. The van der Waals surface area contributed by atoms with E-state index >= 15 is 0 Å². The quantitative estimate of drug-likeness (QED) is 0.440. The van der Waals surface area contributed by atoms with Crippen LogP contribution in [0, 0.1) is 6.92 Å². The third-order valence-electron chi connectivity index (χ3n) is 5.63. The lowest BCUT2D eigenvalue weighted by molar-refractivity contribution is 0.0680. The van der Waals surface area contributed by atoms with E-state index in [9.17, 15) is 4.79 Å². The maximum Gasteiger partial charge on any atom is 0.254 e. The summed E-state index contributed by atoms with van der Waals surface area (Å²) in [4.78, 5) is 17.4. The van der Waals surface area contributed by atoms with Crippen molar-refractivity contribution in [2.75, 3.05) is 51.5 Å². The second-order valence-corrected chi connectivity index (χ2v) is 8.93. The van der Waals surface area contributed by atoms with Gasteiger partial charge in [0.25, 0.3) is 5.91 Å². The maximum atomic E-state index is 13.5. The largest absolute Gasteiger partial charge is 0.383 e. The van der Waals surface area contributed by atoms with Crippen molar-refractivity contribution in [2.24, 2.45) is 0 Å². The van der Waals surface area contributed by atoms with Crippen molar-refractivity contribution in [1.82, 2.24) is 10.1 Å². The van der Waals surface area contributed by atoms with Gasteiger partial charge >= 0.3 is 0 Å². The molecule has 7 nitrogen and oxygen atoms in total. The summed E-state index contributed by atoms with van der Waals surface area (Å²) in [6.07, 6.45) is 0. The molecule has 0 aliphatic carbocycles. The highest BCUT2D eigenvalue weighted by Crippen LogP contribution is 2.33. The number of anilines is 1. The van der Waals surface area contributed by atoms with Crippen LogP contribution in [0.5, 0.6) is 0 Å². The Morgan fingerprint density at radius 2 is 1.97 bits per heavy atom. The van der Waals surface area contributed by atoms with Crippen LogP contribution in [-0.4, -0.2) is 62.5 Å². The fourth-order valence-corrected chi connectivity index (χ4v) is 4.33. The monoisotopic (exact) mass is 513 g/mol. The molecule has 0 saturated carbocycles. The molecule has 2 heterocycles. The Hall–Kier alpha value is -2.68. The molecule has 1 fully saturated rings. The van der Waals surface area contributed by atoms with Gasteiger partial charge in [-0.2, -0.15) is 0 Å². The molecule has 0 N–H and O–H groups in total. The minimum Gasteiger partial charge on any atom is -0.383 e. The molecule has 3 aromatic rings. The van der Waals surface area contributed by atoms with E-state index in [1.807, 2.05) is 49.4 Å². The highest BCUT2D eigenvalue weighted by Gasteiger charge is 2.27. The Kier molecular flexibility index (Phi) is 7.80. The van der Waals surface area contributed by atoms with Crippen LogP contribution in [0.4, 0.5) is 5.88 Å². The molecule has 1 aliphatic heterocycles. The second kappa shape index (κ2) is 11.0. The van der Waals surface area contributed by atoms with Gasteiger partial charge in [-0.3, -0.25) is 4.79 Å². The number of rotatable bonds is 8.